The average molecular weight is 242 g/mol. The van der Waals surface area contributed by atoms with Crippen LogP contribution in [0.4, 0.5) is 0 Å². The monoisotopic (exact) mass is 242 g/mol. The fourth-order valence-corrected chi connectivity index (χ4v) is 1.66. The summed E-state index contributed by atoms with van der Waals surface area (Å²) in [5, 5.41) is 0. The molecule has 0 spiro atoms. The maximum Gasteiger partial charge on any atom is 0.203 e. The maximum absolute atomic E-state index is 5.33. The minimum Gasteiger partial charge on any atom is -0.493 e. The van der Waals surface area contributed by atoms with E-state index in [0.29, 0.717) is 17.2 Å². The van der Waals surface area contributed by atoms with Gasteiger partial charge < -0.3 is 23.7 Å². The molecule has 1 aromatic carbocycles. The van der Waals surface area contributed by atoms with Crippen LogP contribution in [0.15, 0.2) is 12.1 Å². The number of hydrogen-bond acceptors (Lipinski definition) is 5. The first-order valence-corrected chi connectivity index (χ1v) is 5.07. The van der Waals surface area contributed by atoms with Crippen LogP contribution < -0.4 is 14.2 Å². The van der Waals surface area contributed by atoms with Gasteiger partial charge in [-0.05, 0) is 12.1 Å². The Kier molecular flexibility index (Phi) is 5.06. The second kappa shape index (κ2) is 6.32. The van der Waals surface area contributed by atoms with Crippen molar-refractivity contribution in [3.8, 4) is 17.2 Å². The molecule has 0 unspecified atom stereocenters. The van der Waals surface area contributed by atoms with Crippen LogP contribution in [0.5, 0.6) is 17.2 Å². The van der Waals surface area contributed by atoms with E-state index in [1.54, 1.807) is 41.6 Å². The number of ether oxygens (including phenoxy) is 5. The van der Waals surface area contributed by atoms with Gasteiger partial charge in [-0.2, -0.15) is 0 Å². The lowest BCUT2D eigenvalue weighted by molar-refractivity contribution is -0.107. The van der Waals surface area contributed by atoms with Crippen molar-refractivity contribution >= 4 is 0 Å². The van der Waals surface area contributed by atoms with E-state index in [2.05, 4.69) is 0 Å². The molecule has 0 radical (unpaired) electrons. The standard InChI is InChI=1S/C12H18O5/c1-13-9-7-6-8(12(16-4)17-5)10(14-2)11(9)15-3/h6-7,12H,1-5H3. The first-order chi connectivity index (χ1) is 8.23. The molecule has 0 saturated heterocycles. The number of rotatable bonds is 6. The molecule has 1 aromatic rings. The van der Waals surface area contributed by atoms with Crippen molar-refractivity contribution in [1.82, 2.24) is 0 Å². The summed E-state index contributed by atoms with van der Waals surface area (Å²) in [5.74, 6) is 1.66. The van der Waals surface area contributed by atoms with Gasteiger partial charge in [0, 0.05) is 14.2 Å². The molecule has 0 aliphatic heterocycles. The third kappa shape index (κ3) is 2.62. The third-order valence-corrected chi connectivity index (χ3v) is 2.42. The lowest BCUT2D eigenvalue weighted by Gasteiger charge is -2.20. The van der Waals surface area contributed by atoms with Crippen LogP contribution in [0, 0.1) is 0 Å². The summed E-state index contributed by atoms with van der Waals surface area (Å²) >= 11 is 0. The zero-order valence-corrected chi connectivity index (χ0v) is 10.8. The molecule has 0 aromatic heterocycles. The van der Waals surface area contributed by atoms with Gasteiger partial charge in [-0.15, -0.1) is 0 Å². The molecule has 0 fully saturated rings. The lowest BCUT2D eigenvalue weighted by Crippen LogP contribution is -2.07. The summed E-state index contributed by atoms with van der Waals surface area (Å²) in [6, 6.07) is 3.60. The third-order valence-electron chi connectivity index (χ3n) is 2.42. The van der Waals surface area contributed by atoms with E-state index in [9.17, 15) is 0 Å². The van der Waals surface area contributed by atoms with Gasteiger partial charge in [0.2, 0.25) is 5.75 Å². The van der Waals surface area contributed by atoms with Gasteiger partial charge in [-0.1, -0.05) is 0 Å². The van der Waals surface area contributed by atoms with E-state index >= 15 is 0 Å². The molecular formula is C12H18O5. The van der Waals surface area contributed by atoms with Crippen LogP contribution in [0.1, 0.15) is 11.9 Å². The summed E-state index contributed by atoms with van der Waals surface area (Å²) in [4.78, 5) is 0. The SMILES string of the molecule is COc1ccc(C(OC)OC)c(OC)c1OC. The quantitative estimate of drug-likeness (QED) is 0.714. The smallest absolute Gasteiger partial charge is 0.203 e. The first kappa shape index (κ1) is 13.6. The van der Waals surface area contributed by atoms with Gasteiger partial charge >= 0.3 is 0 Å². The van der Waals surface area contributed by atoms with Gasteiger partial charge in [0.15, 0.2) is 17.8 Å². The minimum atomic E-state index is -0.509. The van der Waals surface area contributed by atoms with E-state index in [-0.39, 0.29) is 0 Å². The fraction of sp³-hybridized carbons (Fsp3) is 0.500. The molecule has 0 aliphatic carbocycles. The molecule has 0 bridgehead atoms. The van der Waals surface area contributed by atoms with Crippen molar-refractivity contribution in [2.45, 2.75) is 6.29 Å². The Hall–Kier alpha value is -1.46. The van der Waals surface area contributed by atoms with Crippen LogP contribution in [0.2, 0.25) is 0 Å². The van der Waals surface area contributed by atoms with Crippen LogP contribution in [0.3, 0.4) is 0 Å². The molecule has 1 rings (SSSR count). The summed E-state index contributed by atoms with van der Waals surface area (Å²) in [7, 11) is 7.80. The topological polar surface area (TPSA) is 46.2 Å². The van der Waals surface area contributed by atoms with Crippen molar-refractivity contribution < 1.29 is 23.7 Å². The molecule has 5 heteroatoms. The number of hydrogen-bond donors (Lipinski definition) is 0. The van der Waals surface area contributed by atoms with Gasteiger partial charge in [-0.3, -0.25) is 0 Å². The summed E-state index contributed by atoms with van der Waals surface area (Å²) in [6.07, 6.45) is -0.509. The van der Waals surface area contributed by atoms with Crippen molar-refractivity contribution in [3.63, 3.8) is 0 Å². The maximum atomic E-state index is 5.33. The molecule has 0 amide bonds. The first-order valence-electron chi connectivity index (χ1n) is 5.07. The summed E-state index contributed by atoms with van der Waals surface area (Å²) in [5.41, 5.74) is 0.746. The number of benzene rings is 1. The average Bonchev–Trinajstić information content (AvgIpc) is 2.39. The van der Waals surface area contributed by atoms with Gasteiger partial charge in [-0.25, -0.2) is 0 Å². The zero-order chi connectivity index (χ0) is 12.8. The highest BCUT2D eigenvalue weighted by atomic mass is 16.7. The molecule has 0 saturated carbocycles. The van der Waals surface area contributed by atoms with Crippen molar-refractivity contribution in [2.24, 2.45) is 0 Å². The molecule has 17 heavy (non-hydrogen) atoms. The predicted octanol–water partition coefficient (Wildman–Crippen LogP) is 2.00. The number of methoxy groups -OCH3 is 5. The molecule has 5 nitrogen and oxygen atoms in total. The van der Waals surface area contributed by atoms with Crippen molar-refractivity contribution in [2.75, 3.05) is 35.5 Å². The highest BCUT2D eigenvalue weighted by molar-refractivity contribution is 5.56. The normalized spacial score (nSPS) is 10.5. The van der Waals surface area contributed by atoms with E-state index in [1.807, 2.05) is 6.07 Å². The Morgan fingerprint density at radius 3 is 1.76 bits per heavy atom. The molecule has 0 aliphatic rings. The molecule has 96 valence electrons. The highest BCUT2D eigenvalue weighted by Crippen LogP contribution is 2.42. The Morgan fingerprint density at radius 2 is 1.35 bits per heavy atom. The highest BCUT2D eigenvalue weighted by Gasteiger charge is 2.21. The predicted molar refractivity (Wildman–Crippen MR) is 62.9 cm³/mol. The van der Waals surface area contributed by atoms with Crippen molar-refractivity contribution in [1.29, 1.82) is 0 Å². The van der Waals surface area contributed by atoms with E-state index in [1.165, 1.54) is 0 Å². The van der Waals surface area contributed by atoms with E-state index in [4.69, 9.17) is 23.7 Å². The van der Waals surface area contributed by atoms with Gasteiger partial charge in [0.1, 0.15) is 0 Å². The largest absolute Gasteiger partial charge is 0.493 e. The Morgan fingerprint density at radius 1 is 0.765 bits per heavy atom. The Balaban J connectivity index is 3.31. The molecular weight excluding hydrogens is 224 g/mol. The Bertz CT molecular complexity index is 360. The molecule has 0 heterocycles. The van der Waals surface area contributed by atoms with Crippen molar-refractivity contribution in [3.05, 3.63) is 17.7 Å². The van der Waals surface area contributed by atoms with Gasteiger partial charge in [0.05, 0.1) is 26.9 Å². The minimum absolute atomic E-state index is 0.509. The van der Waals surface area contributed by atoms with Crippen LogP contribution >= 0.6 is 0 Å². The summed E-state index contributed by atoms with van der Waals surface area (Å²) < 4.78 is 26.2. The van der Waals surface area contributed by atoms with E-state index in [0.717, 1.165) is 5.56 Å². The van der Waals surface area contributed by atoms with Gasteiger partial charge in [0.25, 0.3) is 0 Å². The Labute approximate surface area is 101 Å². The summed E-state index contributed by atoms with van der Waals surface area (Å²) in [6.45, 7) is 0. The second-order valence-electron chi connectivity index (χ2n) is 3.23. The van der Waals surface area contributed by atoms with Crippen LogP contribution in [-0.2, 0) is 9.47 Å². The van der Waals surface area contributed by atoms with E-state index < -0.39 is 6.29 Å². The second-order valence-corrected chi connectivity index (χ2v) is 3.23. The molecule has 0 N–H and O–H groups in total. The lowest BCUT2D eigenvalue weighted by atomic mass is 10.1. The van der Waals surface area contributed by atoms with Crippen LogP contribution in [0.25, 0.3) is 0 Å². The zero-order valence-electron chi connectivity index (χ0n) is 10.8. The molecule has 0 atom stereocenters. The van der Waals surface area contributed by atoms with Crippen LogP contribution in [-0.4, -0.2) is 35.5 Å². The fourth-order valence-electron chi connectivity index (χ4n) is 1.66.